The number of carboxylic acids is 1. The van der Waals surface area contributed by atoms with Crippen LogP contribution in [0.4, 0.5) is 11.4 Å². The van der Waals surface area contributed by atoms with Gasteiger partial charge in [0.05, 0.1) is 43.2 Å². The summed E-state index contributed by atoms with van der Waals surface area (Å²) in [4.78, 5) is 66.9. The number of ether oxygens (including phenoxy) is 1. The van der Waals surface area contributed by atoms with Crippen LogP contribution in [0.5, 0.6) is 5.75 Å². The smallest absolute Gasteiger partial charge is 0.335 e. The molecule has 4 rings (SSSR count). The Morgan fingerprint density at radius 2 is 1.77 bits per heavy atom. The number of nitrogens with zero attached hydrogens (tertiary/aromatic N) is 2. The SMILES string of the molecule is CN[C@@H](C)C(=O)NC1CN(C(=O)CCCC(C)=O)c2ccccc2N(Cc2c(OC)ccc3cc(C(=O)O)ccc23)C1=O. The van der Waals surface area contributed by atoms with E-state index in [1.807, 2.05) is 0 Å². The van der Waals surface area contributed by atoms with Crippen LogP contribution >= 0.6 is 0 Å². The Hall–Kier alpha value is -4.77. The van der Waals surface area contributed by atoms with Gasteiger partial charge in [0.15, 0.2) is 0 Å². The fourth-order valence-electron chi connectivity index (χ4n) is 5.16. The Kier molecular flexibility index (Phi) is 9.77. The number of aromatic carboxylic acids is 1. The molecule has 0 bridgehead atoms. The van der Waals surface area contributed by atoms with Crippen molar-refractivity contribution in [3.8, 4) is 5.75 Å². The molecule has 43 heavy (non-hydrogen) atoms. The summed E-state index contributed by atoms with van der Waals surface area (Å²) in [7, 11) is 3.15. The van der Waals surface area contributed by atoms with E-state index in [1.165, 1.54) is 29.9 Å². The van der Waals surface area contributed by atoms with Crippen LogP contribution in [-0.2, 0) is 25.7 Å². The third kappa shape index (κ3) is 6.83. The summed E-state index contributed by atoms with van der Waals surface area (Å²) in [6, 6.07) is 13.6. The van der Waals surface area contributed by atoms with E-state index in [0.29, 0.717) is 39.9 Å². The average Bonchev–Trinajstić information content (AvgIpc) is 3.10. The number of methoxy groups -OCH3 is 1. The maximum atomic E-state index is 14.3. The summed E-state index contributed by atoms with van der Waals surface area (Å²) >= 11 is 0. The van der Waals surface area contributed by atoms with Gasteiger partial charge in [-0.1, -0.05) is 24.3 Å². The van der Waals surface area contributed by atoms with Gasteiger partial charge in [-0.2, -0.15) is 0 Å². The number of anilines is 2. The first-order valence-electron chi connectivity index (χ1n) is 14.1. The van der Waals surface area contributed by atoms with Gasteiger partial charge >= 0.3 is 5.97 Å². The number of benzene rings is 3. The van der Waals surface area contributed by atoms with Crippen molar-refractivity contribution >= 4 is 51.6 Å². The number of likely N-dealkylation sites (N-methyl/N-ethyl adjacent to an activating group) is 1. The third-order valence-corrected chi connectivity index (χ3v) is 7.63. The minimum Gasteiger partial charge on any atom is -0.496 e. The van der Waals surface area contributed by atoms with Gasteiger partial charge in [0, 0.05) is 18.4 Å². The summed E-state index contributed by atoms with van der Waals surface area (Å²) in [5.74, 6) is -1.68. The van der Waals surface area contributed by atoms with Crippen LogP contribution in [0.2, 0.25) is 0 Å². The molecule has 3 N–H and O–H groups in total. The lowest BCUT2D eigenvalue weighted by Gasteiger charge is -2.27. The van der Waals surface area contributed by atoms with Gasteiger partial charge in [-0.05, 0) is 68.4 Å². The number of nitrogens with one attached hydrogen (secondary N) is 2. The molecule has 11 heteroatoms. The molecule has 3 amide bonds. The summed E-state index contributed by atoms with van der Waals surface area (Å²) in [6.45, 7) is 3.06. The van der Waals surface area contributed by atoms with E-state index in [9.17, 15) is 29.1 Å². The van der Waals surface area contributed by atoms with Crippen molar-refractivity contribution in [2.45, 2.75) is 51.7 Å². The molecule has 226 valence electrons. The largest absolute Gasteiger partial charge is 0.496 e. The Morgan fingerprint density at radius 3 is 2.42 bits per heavy atom. The first-order valence-corrected chi connectivity index (χ1v) is 14.1. The van der Waals surface area contributed by atoms with Crippen LogP contribution in [0, 0.1) is 0 Å². The Balaban J connectivity index is 1.83. The van der Waals surface area contributed by atoms with E-state index in [-0.39, 0.29) is 43.2 Å². The van der Waals surface area contributed by atoms with E-state index >= 15 is 0 Å². The lowest BCUT2D eigenvalue weighted by atomic mass is 10.00. The maximum absolute atomic E-state index is 14.3. The number of hydrogen-bond acceptors (Lipinski definition) is 7. The van der Waals surface area contributed by atoms with Crippen molar-refractivity contribution < 1.29 is 33.8 Å². The highest BCUT2D eigenvalue weighted by Gasteiger charge is 2.37. The molecule has 1 heterocycles. The molecule has 0 aliphatic carbocycles. The van der Waals surface area contributed by atoms with Gasteiger partial charge in [-0.25, -0.2) is 4.79 Å². The van der Waals surface area contributed by atoms with Crippen LogP contribution in [0.15, 0.2) is 54.6 Å². The molecule has 1 aliphatic rings. The molecule has 3 aromatic carbocycles. The molecule has 1 unspecified atom stereocenters. The van der Waals surface area contributed by atoms with Crippen molar-refractivity contribution in [2.24, 2.45) is 0 Å². The summed E-state index contributed by atoms with van der Waals surface area (Å²) < 4.78 is 5.66. The molecule has 0 saturated heterocycles. The van der Waals surface area contributed by atoms with Crippen LogP contribution in [0.1, 0.15) is 49.0 Å². The van der Waals surface area contributed by atoms with E-state index in [0.717, 1.165) is 0 Å². The van der Waals surface area contributed by atoms with Crippen molar-refractivity contribution in [3.05, 3.63) is 65.7 Å². The molecular weight excluding hydrogens is 552 g/mol. The van der Waals surface area contributed by atoms with E-state index in [2.05, 4.69) is 10.6 Å². The minimum absolute atomic E-state index is 0.0170. The molecule has 0 radical (unpaired) electrons. The summed E-state index contributed by atoms with van der Waals surface area (Å²) in [5.41, 5.74) is 1.72. The number of amides is 3. The molecule has 3 aromatic rings. The Morgan fingerprint density at radius 1 is 1.05 bits per heavy atom. The van der Waals surface area contributed by atoms with Crippen molar-refractivity contribution in [1.29, 1.82) is 0 Å². The van der Waals surface area contributed by atoms with Crippen molar-refractivity contribution in [2.75, 3.05) is 30.5 Å². The molecule has 1 aliphatic heterocycles. The number of hydrogen-bond donors (Lipinski definition) is 3. The standard InChI is InChI=1S/C32H36N4O7/c1-19(37)8-7-11-29(38)35-18-25(34-30(39)20(2)33-3)31(40)36(27-10-6-5-9-26(27)35)17-24-23-14-12-22(32(41)42)16-21(23)13-15-28(24)43-4/h5-6,9-10,12-16,20,25,33H,7-8,11,17-18H2,1-4H3,(H,34,39)(H,41,42)/t20-,25?/m0/s1. The first kappa shape index (κ1) is 31.2. The number of rotatable bonds is 11. The molecule has 0 spiro atoms. The maximum Gasteiger partial charge on any atom is 0.335 e. The number of Topliss-reactive ketones (excluding diaryl/α,β-unsaturated/α-hetero) is 1. The number of carboxylic acid groups (broad SMARTS) is 1. The molecule has 0 aromatic heterocycles. The van der Waals surface area contributed by atoms with Crippen LogP contribution in [0.25, 0.3) is 10.8 Å². The topological polar surface area (TPSA) is 145 Å². The van der Waals surface area contributed by atoms with Crippen LogP contribution < -0.4 is 25.2 Å². The van der Waals surface area contributed by atoms with Crippen molar-refractivity contribution in [3.63, 3.8) is 0 Å². The van der Waals surface area contributed by atoms with Crippen LogP contribution in [0.3, 0.4) is 0 Å². The van der Waals surface area contributed by atoms with Crippen LogP contribution in [-0.4, -0.2) is 67.4 Å². The Labute approximate surface area is 249 Å². The minimum atomic E-state index is -1.08. The van der Waals surface area contributed by atoms with Gasteiger partial charge in [0.1, 0.15) is 17.6 Å². The molecule has 0 fully saturated rings. The summed E-state index contributed by atoms with van der Waals surface area (Å²) in [5, 5.41) is 16.5. The lowest BCUT2D eigenvalue weighted by Crippen LogP contribution is -2.55. The number of para-hydroxylation sites is 2. The molecular formula is C32H36N4O7. The second-order valence-electron chi connectivity index (χ2n) is 10.5. The van der Waals surface area contributed by atoms with E-state index < -0.39 is 29.9 Å². The highest BCUT2D eigenvalue weighted by Crippen LogP contribution is 2.37. The third-order valence-electron chi connectivity index (χ3n) is 7.63. The van der Waals surface area contributed by atoms with E-state index in [4.69, 9.17) is 4.74 Å². The fraction of sp³-hybridized carbons (Fsp3) is 0.344. The number of carbonyl (C=O) groups excluding carboxylic acids is 4. The normalized spacial score (nSPS) is 15.4. The second-order valence-corrected chi connectivity index (χ2v) is 10.5. The number of carbonyl (C=O) groups is 5. The number of fused-ring (bicyclic) bond motifs is 2. The zero-order chi connectivity index (χ0) is 31.3. The highest BCUT2D eigenvalue weighted by molar-refractivity contribution is 6.08. The molecule has 0 saturated carbocycles. The fourth-order valence-corrected chi connectivity index (χ4v) is 5.16. The average molecular weight is 589 g/mol. The predicted molar refractivity (Wildman–Crippen MR) is 162 cm³/mol. The van der Waals surface area contributed by atoms with Gasteiger partial charge in [-0.3, -0.25) is 14.4 Å². The number of ketones is 1. The van der Waals surface area contributed by atoms with Gasteiger partial charge in [-0.15, -0.1) is 0 Å². The highest BCUT2D eigenvalue weighted by atomic mass is 16.5. The van der Waals surface area contributed by atoms with Gasteiger partial charge in [0.2, 0.25) is 11.8 Å². The monoisotopic (exact) mass is 588 g/mol. The zero-order valence-corrected chi connectivity index (χ0v) is 24.7. The van der Waals surface area contributed by atoms with E-state index in [1.54, 1.807) is 62.5 Å². The molecule has 11 nitrogen and oxygen atoms in total. The molecule has 2 atom stereocenters. The predicted octanol–water partition coefficient (Wildman–Crippen LogP) is 3.28. The van der Waals surface area contributed by atoms with Gasteiger partial charge < -0.3 is 35.1 Å². The van der Waals surface area contributed by atoms with Crippen molar-refractivity contribution in [1.82, 2.24) is 10.6 Å². The first-order chi connectivity index (χ1) is 20.5. The Bertz CT molecular complexity index is 1570. The lowest BCUT2D eigenvalue weighted by molar-refractivity contribution is -0.128. The zero-order valence-electron chi connectivity index (χ0n) is 24.7. The summed E-state index contributed by atoms with van der Waals surface area (Å²) in [6.07, 6.45) is 0.721. The second kappa shape index (κ2) is 13.5. The quantitative estimate of drug-likeness (QED) is 0.310. The van der Waals surface area contributed by atoms with Gasteiger partial charge in [0.25, 0.3) is 5.91 Å².